The van der Waals surface area contributed by atoms with Crippen molar-refractivity contribution in [2.45, 2.75) is 19.8 Å². The van der Waals surface area contributed by atoms with Gasteiger partial charge in [0.15, 0.2) is 0 Å². The largest absolute Gasteiger partial charge is 0.298 e. The van der Waals surface area contributed by atoms with E-state index in [9.17, 15) is 4.79 Å². The fraction of sp³-hybridized carbons (Fsp3) is 0.188. The number of carbonyl (C=O) groups excluding carboxylic acids is 1. The molecule has 0 aliphatic heterocycles. The number of carbonyl (C=O) groups is 1. The van der Waals surface area contributed by atoms with Crippen LogP contribution in [0.3, 0.4) is 0 Å². The molecule has 2 aromatic rings. The molecule has 1 nitrogen and oxygen atoms in total. The van der Waals surface area contributed by atoms with Crippen molar-refractivity contribution in [1.29, 1.82) is 0 Å². The lowest BCUT2D eigenvalue weighted by Gasteiger charge is -2.07. The molecule has 0 atom stereocenters. The van der Waals surface area contributed by atoms with Crippen LogP contribution < -0.4 is 0 Å². The van der Waals surface area contributed by atoms with Crippen LogP contribution >= 0.6 is 0 Å². The standard InChI is InChI=1S/C16H16O/c1-12(2)14-7-9-16(10-8-14)15-5-3-13(11-17)4-6-15/h3-12H,1-2H3. The Balaban J connectivity index is 2.29. The molecule has 2 rings (SSSR count). The van der Waals surface area contributed by atoms with E-state index in [0.717, 1.165) is 11.8 Å². The highest BCUT2D eigenvalue weighted by atomic mass is 16.1. The van der Waals surface area contributed by atoms with E-state index in [1.165, 1.54) is 11.1 Å². The van der Waals surface area contributed by atoms with Gasteiger partial charge in [-0.3, -0.25) is 4.79 Å². The average Bonchev–Trinajstić information content (AvgIpc) is 2.39. The van der Waals surface area contributed by atoms with Crippen LogP contribution in [-0.2, 0) is 0 Å². The number of hydrogen-bond acceptors (Lipinski definition) is 1. The van der Waals surface area contributed by atoms with Crippen LogP contribution in [0.15, 0.2) is 48.5 Å². The molecule has 0 bridgehead atoms. The lowest BCUT2D eigenvalue weighted by Crippen LogP contribution is -1.87. The summed E-state index contributed by atoms with van der Waals surface area (Å²) in [4.78, 5) is 10.6. The van der Waals surface area contributed by atoms with Gasteiger partial charge in [0.2, 0.25) is 0 Å². The Bertz CT molecular complexity index is 492. The lowest BCUT2D eigenvalue weighted by atomic mass is 9.98. The smallest absolute Gasteiger partial charge is 0.150 e. The third kappa shape index (κ3) is 2.62. The Morgan fingerprint density at radius 3 is 1.71 bits per heavy atom. The van der Waals surface area contributed by atoms with Crippen LogP contribution in [0.1, 0.15) is 35.7 Å². The first kappa shape index (κ1) is 11.6. The first-order chi connectivity index (χ1) is 8.20. The molecule has 0 fully saturated rings. The fourth-order valence-electron chi connectivity index (χ4n) is 1.81. The molecule has 0 heterocycles. The summed E-state index contributed by atoms with van der Waals surface area (Å²) >= 11 is 0. The van der Waals surface area contributed by atoms with Gasteiger partial charge in [-0.25, -0.2) is 0 Å². The van der Waals surface area contributed by atoms with E-state index < -0.39 is 0 Å². The first-order valence-corrected chi connectivity index (χ1v) is 5.86. The maximum atomic E-state index is 10.6. The molecule has 86 valence electrons. The van der Waals surface area contributed by atoms with Crippen molar-refractivity contribution in [3.05, 3.63) is 59.7 Å². The maximum Gasteiger partial charge on any atom is 0.150 e. The number of rotatable bonds is 3. The Kier molecular flexibility index (Phi) is 3.38. The molecule has 1 heteroatoms. The van der Waals surface area contributed by atoms with Crippen LogP contribution in [0.5, 0.6) is 0 Å². The zero-order valence-corrected chi connectivity index (χ0v) is 10.2. The van der Waals surface area contributed by atoms with E-state index in [0.29, 0.717) is 11.5 Å². The van der Waals surface area contributed by atoms with Gasteiger partial charge in [-0.2, -0.15) is 0 Å². The highest BCUT2D eigenvalue weighted by Gasteiger charge is 2.01. The van der Waals surface area contributed by atoms with Crippen molar-refractivity contribution >= 4 is 6.29 Å². The molecule has 0 amide bonds. The molecule has 0 saturated heterocycles. The van der Waals surface area contributed by atoms with Crippen molar-refractivity contribution in [2.24, 2.45) is 0 Å². The molecular weight excluding hydrogens is 208 g/mol. The summed E-state index contributed by atoms with van der Waals surface area (Å²) in [5.74, 6) is 0.557. The van der Waals surface area contributed by atoms with Crippen LogP contribution in [0.4, 0.5) is 0 Å². The van der Waals surface area contributed by atoms with E-state index in [4.69, 9.17) is 0 Å². The van der Waals surface area contributed by atoms with Crippen LogP contribution in [0.2, 0.25) is 0 Å². The molecule has 0 aromatic heterocycles. The summed E-state index contributed by atoms with van der Waals surface area (Å²) in [6.45, 7) is 4.38. The minimum absolute atomic E-state index is 0.557. The number of hydrogen-bond donors (Lipinski definition) is 0. The average molecular weight is 224 g/mol. The fourth-order valence-corrected chi connectivity index (χ4v) is 1.81. The van der Waals surface area contributed by atoms with E-state index in [-0.39, 0.29) is 0 Å². The summed E-state index contributed by atoms with van der Waals surface area (Å²) in [5.41, 5.74) is 4.39. The van der Waals surface area contributed by atoms with Gasteiger partial charge in [0.25, 0.3) is 0 Å². The summed E-state index contributed by atoms with van der Waals surface area (Å²) in [6.07, 6.45) is 0.867. The summed E-state index contributed by atoms with van der Waals surface area (Å²) in [5, 5.41) is 0. The molecular formula is C16H16O. The van der Waals surface area contributed by atoms with Gasteiger partial charge >= 0.3 is 0 Å². The number of benzene rings is 2. The van der Waals surface area contributed by atoms with Crippen molar-refractivity contribution in [1.82, 2.24) is 0 Å². The minimum atomic E-state index is 0.557. The van der Waals surface area contributed by atoms with Crippen molar-refractivity contribution in [3.8, 4) is 11.1 Å². The molecule has 0 aliphatic rings. The van der Waals surface area contributed by atoms with Gasteiger partial charge in [-0.15, -0.1) is 0 Å². The third-order valence-electron chi connectivity index (χ3n) is 2.96. The quantitative estimate of drug-likeness (QED) is 0.711. The zero-order chi connectivity index (χ0) is 12.3. The van der Waals surface area contributed by atoms with Gasteiger partial charge in [-0.1, -0.05) is 62.4 Å². The molecule has 0 unspecified atom stereocenters. The van der Waals surface area contributed by atoms with Gasteiger partial charge in [-0.05, 0) is 22.6 Å². The highest BCUT2D eigenvalue weighted by molar-refractivity contribution is 5.76. The third-order valence-corrected chi connectivity index (χ3v) is 2.96. The van der Waals surface area contributed by atoms with E-state index >= 15 is 0 Å². The molecule has 0 saturated carbocycles. The van der Waals surface area contributed by atoms with Crippen LogP contribution in [-0.4, -0.2) is 6.29 Å². The van der Waals surface area contributed by atoms with Crippen LogP contribution in [0, 0.1) is 0 Å². The predicted octanol–water partition coefficient (Wildman–Crippen LogP) is 4.29. The van der Waals surface area contributed by atoms with Gasteiger partial charge in [0.1, 0.15) is 6.29 Å². The zero-order valence-electron chi connectivity index (χ0n) is 10.2. The molecule has 17 heavy (non-hydrogen) atoms. The topological polar surface area (TPSA) is 17.1 Å². The van der Waals surface area contributed by atoms with Crippen molar-refractivity contribution in [3.63, 3.8) is 0 Å². The molecule has 0 aliphatic carbocycles. The van der Waals surface area contributed by atoms with E-state index in [2.05, 4.69) is 38.1 Å². The second-order valence-electron chi connectivity index (χ2n) is 4.52. The first-order valence-electron chi connectivity index (χ1n) is 5.86. The summed E-state index contributed by atoms with van der Waals surface area (Å²) < 4.78 is 0. The molecule has 0 N–H and O–H groups in total. The molecule has 2 aromatic carbocycles. The Morgan fingerprint density at radius 2 is 1.29 bits per heavy atom. The van der Waals surface area contributed by atoms with Gasteiger partial charge in [0, 0.05) is 5.56 Å². The molecule has 0 spiro atoms. The van der Waals surface area contributed by atoms with Gasteiger partial charge in [0.05, 0.1) is 0 Å². The Labute approximate surface area is 102 Å². The lowest BCUT2D eigenvalue weighted by molar-refractivity contribution is 0.112. The normalized spacial score (nSPS) is 10.5. The monoisotopic (exact) mass is 224 g/mol. The maximum absolute atomic E-state index is 10.6. The van der Waals surface area contributed by atoms with Crippen molar-refractivity contribution < 1.29 is 4.79 Å². The number of aldehydes is 1. The Hall–Kier alpha value is -1.89. The van der Waals surface area contributed by atoms with Crippen molar-refractivity contribution in [2.75, 3.05) is 0 Å². The predicted molar refractivity (Wildman–Crippen MR) is 71.4 cm³/mol. The highest BCUT2D eigenvalue weighted by Crippen LogP contribution is 2.22. The van der Waals surface area contributed by atoms with Crippen LogP contribution in [0.25, 0.3) is 11.1 Å². The second-order valence-corrected chi connectivity index (χ2v) is 4.52. The van der Waals surface area contributed by atoms with Gasteiger partial charge < -0.3 is 0 Å². The second kappa shape index (κ2) is 4.96. The summed E-state index contributed by atoms with van der Waals surface area (Å²) in [7, 11) is 0. The summed E-state index contributed by atoms with van der Waals surface area (Å²) in [6, 6.07) is 16.2. The van der Waals surface area contributed by atoms with E-state index in [1.54, 1.807) is 0 Å². The van der Waals surface area contributed by atoms with E-state index in [1.807, 2.05) is 24.3 Å². The molecule has 0 radical (unpaired) electrons. The SMILES string of the molecule is CC(C)c1ccc(-c2ccc(C=O)cc2)cc1. The minimum Gasteiger partial charge on any atom is -0.298 e. The Morgan fingerprint density at radius 1 is 0.824 bits per heavy atom.